The summed E-state index contributed by atoms with van der Waals surface area (Å²) in [6.45, 7) is 2.21. The predicted octanol–water partition coefficient (Wildman–Crippen LogP) is 4.31. The number of rotatable bonds is 2. The Morgan fingerprint density at radius 3 is 2.86 bits per heavy atom. The van der Waals surface area contributed by atoms with Gasteiger partial charge in [-0.25, -0.2) is 5.43 Å². The van der Waals surface area contributed by atoms with Gasteiger partial charge in [-0.2, -0.15) is 5.10 Å². The van der Waals surface area contributed by atoms with Crippen LogP contribution in [0.1, 0.15) is 72.0 Å². The largest absolute Gasteiger partial charge is 0.281 e. The van der Waals surface area contributed by atoms with Crippen molar-refractivity contribution in [2.45, 2.75) is 64.7 Å². The lowest BCUT2D eigenvalue weighted by atomic mass is 9.89. The van der Waals surface area contributed by atoms with E-state index in [0.29, 0.717) is 5.92 Å². The van der Waals surface area contributed by atoms with Crippen LogP contribution in [0.3, 0.4) is 0 Å². The number of amides is 1. The molecular formula is C17H24N2OS. The number of carbonyl (C=O) groups excluding carboxylic acids is 1. The molecule has 0 aromatic carbocycles. The summed E-state index contributed by atoms with van der Waals surface area (Å²) in [5.74, 6) is 0.484. The highest BCUT2D eigenvalue weighted by Gasteiger charge is 2.18. The summed E-state index contributed by atoms with van der Waals surface area (Å²) in [4.78, 5) is 14.5. The molecule has 0 spiro atoms. The monoisotopic (exact) mass is 304 g/mol. The van der Waals surface area contributed by atoms with Gasteiger partial charge in [0.15, 0.2) is 0 Å². The van der Waals surface area contributed by atoms with E-state index < -0.39 is 0 Å². The molecule has 1 fully saturated rings. The van der Waals surface area contributed by atoms with Crippen LogP contribution in [0.2, 0.25) is 0 Å². The summed E-state index contributed by atoms with van der Waals surface area (Å²) < 4.78 is 0. The fourth-order valence-corrected chi connectivity index (χ4v) is 4.44. The number of thiophene rings is 1. The van der Waals surface area contributed by atoms with E-state index in [1.165, 1.54) is 49.0 Å². The molecule has 21 heavy (non-hydrogen) atoms. The van der Waals surface area contributed by atoms with Crippen molar-refractivity contribution in [1.29, 1.82) is 0 Å². The highest BCUT2D eigenvalue weighted by Crippen LogP contribution is 2.29. The topological polar surface area (TPSA) is 41.5 Å². The number of hydrogen-bond acceptors (Lipinski definition) is 3. The standard InChI is InChI=1S/C17H24N2OS/c1-12-7-5-6-9-14(12)18-19-17(20)16-11-13-8-3-2-4-10-15(13)21-16/h11-12H,2-10H2,1H3,(H,19,20)/t12-/m1/s1. The predicted molar refractivity (Wildman–Crippen MR) is 88.1 cm³/mol. The number of fused-ring (bicyclic) bond motifs is 1. The molecule has 1 amide bonds. The molecule has 1 atom stereocenters. The zero-order chi connectivity index (χ0) is 14.7. The molecule has 0 bridgehead atoms. The molecule has 0 saturated heterocycles. The number of nitrogens with zero attached hydrogens (tertiary/aromatic N) is 1. The molecule has 4 heteroatoms. The van der Waals surface area contributed by atoms with Crippen LogP contribution in [-0.2, 0) is 12.8 Å². The molecule has 3 nitrogen and oxygen atoms in total. The average molecular weight is 304 g/mol. The summed E-state index contributed by atoms with van der Waals surface area (Å²) in [5, 5.41) is 4.39. The Morgan fingerprint density at radius 2 is 2.00 bits per heavy atom. The van der Waals surface area contributed by atoms with E-state index >= 15 is 0 Å². The van der Waals surface area contributed by atoms with Gasteiger partial charge in [-0.05, 0) is 62.5 Å². The third-order valence-electron chi connectivity index (χ3n) is 4.66. The van der Waals surface area contributed by atoms with Gasteiger partial charge in [0.25, 0.3) is 5.91 Å². The lowest BCUT2D eigenvalue weighted by Gasteiger charge is -2.19. The van der Waals surface area contributed by atoms with E-state index in [1.54, 1.807) is 11.3 Å². The first-order chi connectivity index (χ1) is 10.2. The molecule has 1 aromatic heterocycles. The quantitative estimate of drug-likeness (QED) is 0.642. The molecular weight excluding hydrogens is 280 g/mol. The highest BCUT2D eigenvalue weighted by atomic mass is 32.1. The van der Waals surface area contributed by atoms with Crippen molar-refractivity contribution < 1.29 is 4.79 Å². The van der Waals surface area contributed by atoms with Gasteiger partial charge in [-0.15, -0.1) is 11.3 Å². The van der Waals surface area contributed by atoms with Crippen LogP contribution < -0.4 is 5.43 Å². The maximum Gasteiger partial charge on any atom is 0.281 e. The summed E-state index contributed by atoms with van der Waals surface area (Å²) in [5.41, 5.74) is 5.33. The van der Waals surface area contributed by atoms with Crippen molar-refractivity contribution in [2.24, 2.45) is 11.0 Å². The maximum absolute atomic E-state index is 12.3. The molecule has 1 saturated carbocycles. The molecule has 0 unspecified atom stereocenters. The second-order valence-corrected chi connectivity index (χ2v) is 7.45. The third-order valence-corrected chi connectivity index (χ3v) is 5.90. The Kier molecular flexibility index (Phi) is 4.73. The lowest BCUT2D eigenvalue weighted by molar-refractivity contribution is 0.0958. The van der Waals surface area contributed by atoms with Gasteiger partial charge in [0.05, 0.1) is 4.88 Å². The van der Waals surface area contributed by atoms with E-state index in [2.05, 4.69) is 23.5 Å². The molecule has 0 aliphatic heterocycles. The fourth-order valence-electron chi connectivity index (χ4n) is 3.29. The normalized spacial score (nSPS) is 24.4. The Morgan fingerprint density at radius 1 is 1.19 bits per heavy atom. The van der Waals surface area contributed by atoms with Crippen molar-refractivity contribution in [2.75, 3.05) is 0 Å². The van der Waals surface area contributed by atoms with Crippen LogP contribution in [0.25, 0.3) is 0 Å². The first-order valence-corrected chi connectivity index (χ1v) is 9.04. The number of nitrogens with one attached hydrogen (secondary N) is 1. The summed E-state index contributed by atoms with van der Waals surface area (Å²) in [6.07, 6.45) is 10.8. The smallest absolute Gasteiger partial charge is 0.266 e. The van der Waals surface area contributed by atoms with Gasteiger partial charge in [-0.1, -0.05) is 19.8 Å². The summed E-state index contributed by atoms with van der Waals surface area (Å²) in [6, 6.07) is 2.09. The average Bonchev–Trinajstić information content (AvgIpc) is 2.77. The minimum atomic E-state index is -0.0293. The van der Waals surface area contributed by atoms with Crippen LogP contribution in [0, 0.1) is 5.92 Å². The van der Waals surface area contributed by atoms with E-state index in [0.717, 1.165) is 29.9 Å². The van der Waals surface area contributed by atoms with Gasteiger partial charge in [0.1, 0.15) is 0 Å². The van der Waals surface area contributed by atoms with Gasteiger partial charge in [0.2, 0.25) is 0 Å². The SMILES string of the molecule is C[C@@H]1CCCCC1=NNC(=O)c1cc2c(s1)CCCCC2. The highest BCUT2D eigenvalue weighted by molar-refractivity contribution is 7.14. The third kappa shape index (κ3) is 3.54. The summed E-state index contributed by atoms with van der Waals surface area (Å²) >= 11 is 1.66. The van der Waals surface area contributed by atoms with Crippen molar-refractivity contribution in [3.8, 4) is 0 Å². The van der Waals surface area contributed by atoms with Crippen LogP contribution in [0.4, 0.5) is 0 Å². The lowest BCUT2D eigenvalue weighted by Crippen LogP contribution is -2.23. The fraction of sp³-hybridized carbons (Fsp3) is 0.647. The Bertz CT molecular complexity index is 523. The zero-order valence-electron chi connectivity index (χ0n) is 12.8. The van der Waals surface area contributed by atoms with Crippen LogP contribution in [0.5, 0.6) is 0 Å². The minimum absolute atomic E-state index is 0.0293. The van der Waals surface area contributed by atoms with Crippen LogP contribution in [-0.4, -0.2) is 11.6 Å². The Hall–Kier alpha value is -1.16. The first kappa shape index (κ1) is 14.8. The van der Waals surface area contributed by atoms with E-state index in [9.17, 15) is 4.79 Å². The van der Waals surface area contributed by atoms with Crippen molar-refractivity contribution >= 4 is 23.0 Å². The van der Waals surface area contributed by atoms with Gasteiger partial charge in [0, 0.05) is 10.6 Å². The van der Waals surface area contributed by atoms with Gasteiger partial charge in [-0.3, -0.25) is 4.79 Å². The second-order valence-electron chi connectivity index (χ2n) is 6.31. The minimum Gasteiger partial charge on any atom is -0.266 e. The maximum atomic E-state index is 12.3. The number of hydrazone groups is 1. The van der Waals surface area contributed by atoms with Gasteiger partial charge >= 0.3 is 0 Å². The molecule has 1 heterocycles. The van der Waals surface area contributed by atoms with Crippen molar-refractivity contribution in [1.82, 2.24) is 5.43 Å². The molecule has 0 radical (unpaired) electrons. The molecule has 114 valence electrons. The first-order valence-electron chi connectivity index (χ1n) is 8.22. The number of aryl methyl sites for hydroxylation is 2. The van der Waals surface area contributed by atoms with Crippen molar-refractivity contribution in [3.05, 3.63) is 21.4 Å². The van der Waals surface area contributed by atoms with Crippen LogP contribution >= 0.6 is 11.3 Å². The molecule has 3 rings (SSSR count). The zero-order valence-corrected chi connectivity index (χ0v) is 13.6. The van der Waals surface area contributed by atoms with E-state index in [4.69, 9.17) is 0 Å². The van der Waals surface area contributed by atoms with Crippen molar-refractivity contribution in [3.63, 3.8) is 0 Å². The van der Waals surface area contributed by atoms with E-state index in [1.807, 2.05) is 0 Å². The molecule has 1 N–H and O–H groups in total. The number of hydrogen-bond donors (Lipinski definition) is 1. The molecule has 2 aliphatic carbocycles. The molecule has 2 aliphatic rings. The molecule has 1 aromatic rings. The summed E-state index contributed by atoms with van der Waals surface area (Å²) in [7, 11) is 0. The van der Waals surface area contributed by atoms with Gasteiger partial charge < -0.3 is 0 Å². The Labute approximate surface area is 130 Å². The Balaban J connectivity index is 1.67. The number of carbonyl (C=O) groups is 1. The van der Waals surface area contributed by atoms with E-state index in [-0.39, 0.29) is 5.91 Å². The van der Waals surface area contributed by atoms with Crippen LogP contribution in [0.15, 0.2) is 11.2 Å². The second kappa shape index (κ2) is 6.73.